The topological polar surface area (TPSA) is 42.4 Å². The van der Waals surface area contributed by atoms with Crippen LogP contribution in [-0.4, -0.2) is 28.9 Å². The van der Waals surface area contributed by atoms with Crippen LogP contribution in [0, 0.1) is 0 Å². The van der Waals surface area contributed by atoms with Gasteiger partial charge in [-0.15, -0.1) is 0 Å². The zero-order valence-electron chi connectivity index (χ0n) is 18.9. The summed E-state index contributed by atoms with van der Waals surface area (Å²) in [6, 6.07) is 28.9. The Morgan fingerprint density at radius 2 is 1.55 bits per heavy atom. The largest absolute Gasteiger partial charge is 0.426 e. The van der Waals surface area contributed by atoms with E-state index in [0.29, 0.717) is 18.2 Å². The van der Waals surface area contributed by atoms with Gasteiger partial charge >= 0.3 is 5.97 Å². The fourth-order valence-electron chi connectivity index (χ4n) is 4.84. The van der Waals surface area contributed by atoms with Gasteiger partial charge in [-0.1, -0.05) is 72.8 Å². The molecule has 0 amide bonds. The molecule has 2 heterocycles. The second-order valence-corrected chi connectivity index (χ2v) is 8.71. The molecule has 0 aliphatic carbocycles. The van der Waals surface area contributed by atoms with Gasteiger partial charge in [0, 0.05) is 30.0 Å². The summed E-state index contributed by atoms with van der Waals surface area (Å²) in [7, 11) is 0. The lowest BCUT2D eigenvalue weighted by Crippen LogP contribution is -2.33. The van der Waals surface area contributed by atoms with Crippen LogP contribution in [-0.2, 0) is 11.3 Å². The van der Waals surface area contributed by atoms with Crippen molar-refractivity contribution < 1.29 is 9.53 Å². The van der Waals surface area contributed by atoms with E-state index in [-0.39, 0.29) is 5.97 Å². The van der Waals surface area contributed by atoms with Crippen molar-refractivity contribution in [2.24, 2.45) is 0 Å². The van der Waals surface area contributed by atoms with Gasteiger partial charge < -0.3 is 4.74 Å². The molecule has 0 N–H and O–H groups in total. The second kappa shape index (κ2) is 9.55. The highest BCUT2D eigenvalue weighted by molar-refractivity contribution is 5.92. The van der Waals surface area contributed by atoms with E-state index in [2.05, 4.69) is 47.4 Å². The van der Waals surface area contributed by atoms with Crippen molar-refractivity contribution in [2.45, 2.75) is 32.2 Å². The van der Waals surface area contributed by atoms with E-state index < -0.39 is 0 Å². The van der Waals surface area contributed by atoms with E-state index in [9.17, 15) is 4.79 Å². The van der Waals surface area contributed by atoms with Gasteiger partial charge in [-0.25, -0.2) is 4.98 Å². The summed E-state index contributed by atoms with van der Waals surface area (Å²) in [4.78, 5) is 19.6. The number of esters is 1. The van der Waals surface area contributed by atoms with Gasteiger partial charge in [0.1, 0.15) is 5.75 Å². The molecule has 1 saturated heterocycles. The molecule has 0 saturated carbocycles. The van der Waals surface area contributed by atoms with Gasteiger partial charge in [-0.3, -0.25) is 9.69 Å². The van der Waals surface area contributed by atoms with Crippen LogP contribution in [0.15, 0.2) is 84.9 Å². The maximum atomic E-state index is 12.1. The Hall–Kier alpha value is -3.50. The van der Waals surface area contributed by atoms with Crippen LogP contribution >= 0.6 is 0 Å². The molecule has 5 rings (SSSR count). The highest BCUT2D eigenvalue weighted by Gasteiger charge is 2.25. The molecule has 3 aromatic carbocycles. The van der Waals surface area contributed by atoms with Crippen molar-refractivity contribution in [3.05, 3.63) is 96.1 Å². The summed E-state index contributed by atoms with van der Waals surface area (Å²) in [5, 5.41) is 0.876. The molecule has 1 aliphatic rings. The maximum absolute atomic E-state index is 12.1. The monoisotopic (exact) mass is 436 g/mol. The Labute approximate surface area is 194 Å². The Balaban J connectivity index is 1.51. The number of hydrogen-bond acceptors (Lipinski definition) is 4. The average molecular weight is 437 g/mol. The first-order valence-corrected chi connectivity index (χ1v) is 11.6. The Kier molecular flexibility index (Phi) is 6.18. The van der Waals surface area contributed by atoms with E-state index in [4.69, 9.17) is 9.72 Å². The van der Waals surface area contributed by atoms with Gasteiger partial charge in [-0.2, -0.15) is 0 Å². The number of para-hydroxylation sites is 1. The number of likely N-dealkylation sites (tertiary alicyclic amines) is 1. The standard InChI is InChI=1S/C29H28N2O2/c1-21(32)33-29-25-14-8-9-15-27(25)30-28(24-12-6-3-7-13-24)26(29)20-31-18-16-23(17-19-31)22-10-4-2-5-11-22/h2-15,23H,16-20H2,1H3. The number of hydrogen-bond donors (Lipinski definition) is 0. The predicted octanol–water partition coefficient (Wildman–Crippen LogP) is 6.21. The maximum Gasteiger partial charge on any atom is 0.308 e. The third-order valence-electron chi connectivity index (χ3n) is 6.47. The smallest absolute Gasteiger partial charge is 0.308 e. The fraction of sp³-hybridized carbons (Fsp3) is 0.241. The van der Waals surface area contributed by atoms with Crippen LogP contribution in [0.3, 0.4) is 0 Å². The SMILES string of the molecule is CC(=O)Oc1c(CN2CCC(c3ccccc3)CC2)c(-c2ccccc2)nc2ccccc12. The first kappa shape index (κ1) is 21.4. The number of fused-ring (bicyclic) bond motifs is 1. The normalized spacial score (nSPS) is 14.9. The molecule has 166 valence electrons. The third kappa shape index (κ3) is 4.67. The lowest BCUT2D eigenvalue weighted by atomic mass is 9.89. The number of carbonyl (C=O) groups is 1. The summed E-state index contributed by atoms with van der Waals surface area (Å²) < 4.78 is 5.85. The summed E-state index contributed by atoms with van der Waals surface area (Å²) in [6.07, 6.45) is 2.24. The average Bonchev–Trinajstić information content (AvgIpc) is 2.86. The number of nitrogens with zero attached hydrogens (tertiary/aromatic N) is 2. The third-order valence-corrected chi connectivity index (χ3v) is 6.47. The molecule has 4 aromatic rings. The zero-order valence-corrected chi connectivity index (χ0v) is 18.9. The second-order valence-electron chi connectivity index (χ2n) is 8.71. The molecule has 0 atom stereocenters. The quantitative estimate of drug-likeness (QED) is 0.349. The summed E-state index contributed by atoms with van der Waals surface area (Å²) in [5.41, 5.74) is 5.16. The van der Waals surface area contributed by atoms with E-state index in [0.717, 1.165) is 53.7 Å². The van der Waals surface area contributed by atoms with Gasteiger partial charge in [0.05, 0.1) is 11.2 Å². The zero-order chi connectivity index (χ0) is 22.6. The van der Waals surface area contributed by atoms with Crippen LogP contribution in [0.5, 0.6) is 5.75 Å². The number of ether oxygens (including phenoxy) is 1. The molecule has 0 radical (unpaired) electrons. The molecule has 4 nitrogen and oxygen atoms in total. The lowest BCUT2D eigenvalue weighted by Gasteiger charge is -2.33. The van der Waals surface area contributed by atoms with Crippen molar-refractivity contribution in [1.29, 1.82) is 0 Å². The molecular formula is C29H28N2O2. The van der Waals surface area contributed by atoms with Crippen molar-refractivity contribution in [3.63, 3.8) is 0 Å². The van der Waals surface area contributed by atoms with Gasteiger partial charge in [0.2, 0.25) is 0 Å². The van der Waals surface area contributed by atoms with Crippen LogP contribution in [0.1, 0.15) is 36.8 Å². The molecular weight excluding hydrogens is 408 g/mol. The Morgan fingerprint density at radius 3 is 2.24 bits per heavy atom. The highest BCUT2D eigenvalue weighted by Crippen LogP contribution is 2.38. The van der Waals surface area contributed by atoms with Crippen LogP contribution in [0.2, 0.25) is 0 Å². The first-order chi connectivity index (χ1) is 16.2. The number of aromatic nitrogens is 1. The summed E-state index contributed by atoms with van der Waals surface area (Å²) in [5.74, 6) is 0.922. The Morgan fingerprint density at radius 1 is 0.909 bits per heavy atom. The van der Waals surface area contributed by atoms with Crippen molar-refractivity contribution in [2.75, 3.05) is 13.1 Å². The van der Waals surface area contributed by atoms with Crippen molar-refractivity contribution in [1.82, 2.24) is 9.88 Å². The molecule has 0 unspecified atom stereocenters. The van der Waals surface area contributed by atoms with E-state index in [1.54, 1.807) is 0 Å². The van der Waals surface area contributed by atoms with Crippen LogP contribution < -0.4 is 4.74 Å². The van der Waals surface area contributed by atoms with Crippen molar-refractivity contribution >= 4 is 16.9 Å². The van der Waals surface area contributed by atoms with Gasteiger partial charge in [0.25, 0.3) is 0 Å². The number of rotatable bonds is 5. The molecule has 4 heteroatoms. The highest BCUT2D eigenvalue weighted by atomic mass is 16.5. The summed E-state index contributed by atoms with van der Waals surface area (Å²) in [6.45, 7) is 4.17. The molecule has 0 spiro atoms. The Bertz CT molecular complexity index is 1250. The van der Waals surface area contributed by atoms with E-state index in [1.807, 2.05) is 42.5 Å². The number of carbonyl (C=O) groups excluding carboxylic acids is 1. The minimum atomic E-state index is -0.311. The number of benzene rings is 3. The fourth-order valence-corrected chi connectivity index (χ4v) is 4.84. The lowest BCUT2D eigenvalue weighted by molar-refractivity contribution is -0.131. The minimum absolute atomic E-state index is 0.311. The minimum Gasteiger partial charge on any atom is -0.426 e. The van der Waals surface area contributed by atoms with E-state index >= 15 is 0 Å². The molecule has 0 bridgehead atoms. The van der Waals surface area contributed by atoms with Crippen molar-refractivity contribution in [3.8, 4) is 17.0 Å². The molecule has 1 fully saturated rings. The number of piperidine rings is 1. The van der Waals surface area contributed by atoms with Gasteiger partial charge in [0.15, 0.2) is 0 Å². The molecule has 1 aromatic heterocycles. The van der Waals surface area contributed by atoms with E-state index in [1.165, 1.54) is 12.5 Å². The number of pyridine rings is 1. The van der Waals surface area contributed by atoms with Gasteiger partial charge in [-0.05, 0) is 49.5 Å². The predicted molar refractivity (Wildman–Crippen MR) is 132 cm³/mol. The van der Waals surface area contributed by atoms with Crippen LogP contribution in [0.25, 0.3) is 22.2 Å². The molecule has 1 aliphatic heterocycles. The molecule has 33 heavy (non-hydrogen) atoms. The van der Waals surface area contributed by atoms with Crippen LogP contribution in [0.4, 0.5) is 0 Å². The summed E-state index contributed by atoms with van der Waals surface area (Å²) >= 11 is 0. The first-order valence-electron chi connectivity index (χ1n) is 11.6.